The van der Waals surface area contributed by atoms with E-state index in [9.17, 15) is 10.1 Å². The van der Waals surface area contributed by atoms with Crippen LogP contribution in [0.4, 0.5) is 22.7 Å². The Balaban J connectivity index is 0.000000182. The predicted octanol–water partition coefficient (Wildman–Crippen LogP) is 4.31. The van der Waals surface area contributed by atoms with Crippen LogP contribution in [0.3, 0.4) is 0 Å². The molecular weight excluding hydrogens is 540 g/mol. The third-order valence-electron chi connectivity index (χ3n) is 6.30. The third kappa shape index (κ3) is 5.03. The van der Waals surface area contributed by atoms with Crippen LogP contribution < -0.4 is 17.2 Å². The first-order valence-corrected chi connectivity index (χ1v) is 12.3. The van der Waals surface area contributed by atoms with Crippen LogP contribution >= 0.6 is 31.9 Å². The van der Waals surface area contributed by atoms with Crippen molar-refractivity contribution < 1.29 is 4.92 Å². The molecule has 0 fully saturated rings. The normalized spacial score (nSPS) is 16.0. The second-order valence-corrected chi connectivity index (χ2v) is 9.77. The summed E-state index contributed by atoms with van der Waals surface area (Å²) in [5, 5.41) is 10.9. The van der Waals surface area contributed by atoms with E-state index in [1.165, 1.54) is 17.2 Å². The first-order valence-electron chi connectivity index (χ1n) is 10.7. The highest BCUT2D eigenvalue weighted by Gasteiger charge is 2.25. The van der Waals surface area contributed by atoms with Crippen LogP contribution in [-0.2, 0) is 25.9 Å². The van der Waals surface area contributed by atoms with Gasteiger partial charge in [0.15, 0.2) is 0 Å². The van der Waals surface area contributed by atoms with Crippen LogP contribution in [-0.4, -0.2) is 40.9 Å². The first kappa shape index (κ1) is 24.8. The molecule has 0 radical (unpaired) electrons. The SMILES string of the molecule is CCN1CCc2c(N)c(N)cc(Br)c2C1.CCN1CCc2c(N)c([N+](=O)[O-])cc(Br)c2C1. The molecule has 0 aromatic heterocycles. The van der Waals surface area contributed by atoms with Crippen LogP contribution in [0.1, 0.15) is 36.1 Å². The molecule has 32 heavy (non-hydrogen) atoms. The maximum absolute atomic E-state index is 10.9. The molecule has 2 aliphatic rings. The molecule has 2 aromatic carbocycles. The van der Waals surface area contributed by atoms with E-state index in [1.807, 2.05) is 6.07 Å². The van der Waals surface area contributed by atoms with Crippen molar-refractivity contribution in [3.63, 3.8) is 0 Å². The maximum Gasteiger partial charge on any atom is 0.293 e. The lowest BCUT2D eigenvalue weighted by atomic mass is 9.97. The van der Waals surface area contributed by atoms with Gasteiger partial charge >= 0.3 is 0 Å². The van der Waals surface area contributed by atoms with Crippen molar-refractivity contribution in [2.75, 3.05) is 43.4 Å². The largest absolute Gasteiger partial charge is 0.397 e. The van der Waals surface area contributed by atoms with Gasteiger partial charge in [0.1, 0.15) is 5.69 Å². The zero-order valence-electron chi connectivity index (χ0n) is 18.5. The average Bonchev–Trinajstić information content (AvgIpc) is 2.79. The molecular formula is C22H30Br2N6O2. The molecule has 0 unspecified atom stereocenters. The van der Waals surface area contributed by atoms with Gasteiger partial charge in [-0.3, -0.25) is 19.9 Å². The highest BCUT2D eigenvalue weighted by Crippen LogP contribution is 2.37. The quantitative estimate of drug-likeness (QED) is 0.285. The van der Waals surface area contributed by atoms with Gasteiger partial charge in [0, 0.05) is 41.2 Å². The fraction of sp³-hybridized carbons (Fsp3) is 0.455. The number of benzene rings is 2. The van der Waals surface area contributed by atoms with Crippen molar-refractivity contribution in [3.05, 3.63) is 53.4 Å². The highest BCUT2D eigenvalue weighted by atomic mass is 79.9. The van der Waals surface area contributed by atoms with E-state index >= 15 is 0 Å². The Hall–Kier alpha value is -1.88. The Morgan fingerprint density at radius 1 is 0.875 bits per heavy atom. The number of nitrogens with two attached hydrogens (primary N) is 3. The van der Waals surface area contributed by atoms with Crippen molar-refractivity contribution >= 4 is 54.6 Å². The Morgan fingerprint density at radius 3 is 1.81 bits per heavy atom. The Kier molecular flexibility index (Phi) is 8.02. The molecule has 0 atom stereocenters. The third-order valence-corrected chi connectivity index (χ3v) is 7.71. The van der Waals surface area contributed by atoms with Crippen molar-refractivity contribution in [2.24, 2.45) is 0 Å². The molecule has 2 heterocycles. The molecule has 0 aliphatic carbocycles. The topological polar surface area (TPSA) is 128 Å². The number of nitro benzene ring substituents is 1. The number of halogens is 2. The van der Waals surface area contributed by atoms with Gasteiger partial charge < -0.3 is 17.2 Å². The van der Waals surface area contributed by atoms with Crippen molar-refractivity contribution in [1.29, 1.82) is 0 Å². The van der Waals surface area contributed by atoms with E-state index in [-0.39, 0.29) is 5.69 Å². The molecule has 8 nitrogen and oxygen atoms in total. The minimum atomic E-state index is -0.424. The van der Waals surface area contributed by atoms with Gasteiger partial charge in [0.05, 0.1) is 16.3 Å². The van der Waals surface area contributed by atoms with Gasteiger partial charge in [-0.15, -0.1) is 0 Å². The summed E-state index contributed by atoms with van der Waals surface area (Å²) < 4.78 is 1.87. The number of nitrogens with zero attached hydrogens (tertiary/aromatic N) is 3. The zero-order valence-corrected chi connectivity index (χ0v) is 21.6. The Bertz CT molecular complexity index is 1030. The first-order chi connectivity index (χ1) is 15.2. The molecule has 0 spiro atoms. The van der Waals surface area contributed by atoms with Gasteiger partial charge in [0.25, 0.3) is 5.69 Å². The molecule has 0 bridgehead atoms. The van der Waals surface area contributed by atoms with Crippen LogP contribution in [0.2, 0.25) is 0 Å². The lowest BCUT2D eigenvalue weighted by Gasteiger charge is -2.29. The van der Waals surface area contributed by atoms with Crippen LogP contribution in [0.25, 0.3) is 0 Å². The molecule has 2 aromatic rings. The summed E-state index contributed by atoms with van der Waals surface area (Å²) >= 11 is 6.97. The second kappa shape index (κ2) is 10.4. The summed E-state index contributed by atoms with van der Waals surface area (Å²) in [7, 11) is 0. The second-order valence-electron chi connectivity index (χ2n) is 8.06. The smallest absolute Gasteiger partial charge is 0.293 e. The zero-order chi connectivity index (χ0) is 23.6. The molecule has 174 valence electrons. The number of hydrogen-bond acceptors (Lipinski definition) is 7. The number of nitrogen functional groups attached to an aromatic ring is 3. The summed E-state index contributed by atoms with van der Waals surface area (Å²) in [6.07, 6.45) is 1.77. The Morgan fingerprint density at radius 2 is 1.34 bits per heavy atom. The van der Waals surface area contributed by atoms with Gasteiger partial charge in [-0.25, -0.2) is 0 Å². The van der Waals surface area contributed by atoms with E-state index in [2.05, 4.69) is 55.5 Å². The summed E-state index contributed by atoms with van der Waals surface area (Å²) in [6.45, 7) is 10.1. The fourth-order valence-corrected chi connectivity index (χ4v) is 5.47. The van der Waals surface area contributed by atoms with Crippen LogP contribution in [0, 0.1) is 10.1 Å². The number of nitro groups is 1. The van der Waals surface area contributed by atoms with Gasteiger partial charge in [-0.05, 0) is 54.3 Å². The average molecular weight is 570 g/mol. The molecule has 4 rings (SSSR count). The van der Waals surface area contributed by atoms with Crippen molar-refractivity contribution in [3.8, 4) is 0 Å². The van der Waals surface area contributed by atoms with E-state index in [4.69, 9.17) is 17.2 Å². The van der Waals surface area contributed by atoms with Crippen molar-refractivity contribution in [2.45, 2.75) is 39.8 Å². The highest BCUT2D eigenvalue weighted by molar-refractivity contribution is 9.10. The molecule has 0 amide bonds. The lowest BCUT2D eigenvalue weighted by Crippen LogP contribution is -2.31. The molecule has 10 heteroatoms. The van der Waals surface area contributed by atoms with E-state index in [0.29, 0.717) is 11.4 Å². The van der Waals surface area contributed by atoms with E-state index in [0.717, 1.165) is 77.9 Å². The summed E-state index contributed by atoms with van der Waals surface area (Å²) in [5.41, 5.74) is 24.0. The lowest BCUT2D eigenvalue weighted by molar-refractivity contribution is -0.384. The standard InChI is InChI=1S/C11H14BrN3O2.C11H16BrN3/c1-2-14-4-3-7-8(6-14)9(12)5-10(11(7)13)15(16)17;1-2-15-4-3-7-8(6-15)9(12)5-10(13)11(7)14/h5H,2-4,6,13H2,1H3;5H,2-4,6,13-14H2,1H3. The summed E-state index contributed by atoms with van der Waals surface area (Å²) in [6, 6.07) is 3.42. The number of anilines is 3. The number of fused-ring (bicyclic) bond motifs is 2. The molecule has 0 saturated carbocycles. The Labute approximate surface area is 205 Å². The summed E-state index contributed by atoms with van der Waals surface area (Å²) in [4.78, 5) is 15.1. The molecule has 0 saturated heterocycles. The minimum absolute atomic E-state index is 0.000531. The van der Waals surface area contributed by atoms with Crippen LogP contribution in [0.15, 0.2) is 21.1 Å². The minimum Gasteiger partial charge on any atom is -0.397 e. The number of rotatable bonds is 3. The van der Waals surface area contributed by atoms with Crippen LogP contribution in [0.5, 0.6) is 0 Å². The summed E-state index contributed by atoms with van der Waals surface area (Å²) in [5.74, 6) is 0. The fourth-order valence-electron chi connectivity index (χ4n) is 4.28. The maximum atomic E-state index is 10.9. The van der Waals surface area contributed by atoms with Gasteiger partial charge in [0.2, 0.25) is 0 Å². The monoisotopic (exact) mass is 568 g/mol. The van der Waals surface area contributed by atoms with Crippen molar-refractivity contribution in [1.82, 2.24) is 9.80 Å². The van der Waals surface area contributed by atoms with E-state index in [1.54, 1.807) is 0 Å². The molecule has 6 N–H and O–H groups in total. The van der Waals surface area contributed by atoms with Gasteiger partial charge in [-0.1, -0.05) is 45.7 Å². The van der Waals surface area contributed by atoms with Gasteiger partial charge in [-0.2, -0.15) is 0 Å². The van der Waals surface area contributed by atoms with E-state index < -0.39 is 4.92 Å². The number of hydrogen-bond donors (Lipinski definition) is 3. The molecule has 2 aliphatic heterocycles. The number of likely N-dealkylation sites (N-methyl/N-ethyl adjacent to an activating group) is 2. The predicted molar refractivity (Wildman–Crippen MR) is 137 cm³/mol.